The Morgan fingerprint density at radius 1 is 0.933 bits per heavy atom. The molecule has 0 heterocycles. The fraction of sp³-hybridized carbons (Fsp3) is 0.429. The average Bonchev–Trinajstić information content (AvgIpc) is 2.92. The van der Waals surface area contributed by atoms with Gasteiger partial charge < -0.3 is 0 Å². The summed E-state index contributed by atoms with van der Waals surface area (Å²) in [4.78, 5) is 0. The summed E-state index contributed by atoms with van der Waals surface area (Å²) in [6, 6.07) is 0. The SMILES string of the molecule is C1=CC[C]([Zr][C]2=CC=CC2)=C1.CCCC. The Morgan fingerprint density at radius 2 is 1.40 bits per heavy atom. The van der Waals surface area contributed by atoms with E-state index in [0.29, 0.717) is 0 Å². The molecule has 0 aromatic carbocycles. The smallest absolute Gasteiger partial charge is 0.0564 e. The summed E-state index contributed by atoms with van der Waals surface area (Å²) in [6.45, 7) is 4.36. The van der Waals surface area contributed by atoms with Gasteiger partial charge in [-0.3, -0.25) is 0 Å². The van der Waals surface area contributed by atoms with E-state index in [1.807, 2.05) is 0 Å². The minimum Gasteiger partial charge on any atom is -0.0654 e. The summed E-state index contributed by atoms with van der Waals surface area (Å²) < 4.78 is 3.45. The van der Waals surface area contributed by atoms with Gasteiger partial charge in [0.05, 0.1) is 0 Å². The third kappa shape index (κ3) is 5.47. The summed E-state index contributed by atoms with van der Waals surface area (Å²) in [7, 11) is 0. The van der Waals surface area contributed by atoms with Crippen molar-refractivity contribution in [1.29, 1.82) is 0 Å². The van der Waals surface area contributed by atoms with E-state index >= 15 is 0 Å². The minimum absolute atomic E-state index is 0.312. The summed E-state index contributed by atoms with van der Waals surface area (Å²) in [6.07, 6.45) is 18.7. The van der Waals surface area contributed by atoms with Crippen LogP contribution in [0.1, 0.15) is 39.5 Å². The van der Waals surface area contributed by atoms with Crippen molar-refractivity contribution in [3.8, 4) is 0 Å². The van der Waals surface area contributed by atoms with Crippen molar-refractivity contribution in [1.82, 2.24) is 0 Å². The first-order valence-corrected chi connectivity index (χ1v) is 8.31. The largest absolute Gasteiger partial charge is 0.0654 e. The zero-order valence-corrected chi connectivity index (χ0v) is 12.3. The summed E-state index contributed by atoms with van der Waals surface area (Å²) in [5.74, 6) is 0. The normalized spacial score (nSPS) is 16.9. The molecule has 2 rings (SSSR count). The molecule has 1 heteroatoms. The maximum atomic E-state index is 2.31. The first kappa shape index (κ1) is 12.9. The zero-order valence-electron chi connectivity index (χ0n) is 9.79. The number of allylic oxidation sites excluding steroid dienone is 8. The Hall–Kier alpha value is -0.157. The van der Waals surface area contributed by atoms with E-state index in [9.17, 15) is 0 Å². The molecule has 0 unspecified atom stereocenters. The molecule has 0 bridgehead atoms. The van der Waals surface area contributed by atoms with Crippen LogP contribution in [0.25, 0.3) is 0 Å². The number of unbranched alkanes of at least 4 members (excludes halogenated alkanes) is 1. The second kappa shape index (κ2) is 8.05. The maximum absolute atomic E-state index is 2.31. The topological polar surface area (TPSA) is 0 Å². The molecule has 0 fully saturated rings. The summed E-state index contributed by atoms with van der Waals surface area (Å²) in [5, 5.41) is 0. The molecular weight excluding hydrogens is 259 g/mol. The van der Waals surface area contributed by atoms with E-state index in [2.05, 4.69) is 50.3 Å². The summed E-state index contributed by atoms with van der Waals surface area (Å²) >= 11 is -0.312. The molecular formula is C14H20Zr. The van der Waals surface area contributed by atoms with Crippen molar-refractivity contribution in [3.63, 3.8) is 0 Å². The molecule has 0 atom stereocenters. The van der Waals surface area contributed by atoms with Gasteiger partial charge in [0.2, 0.25) is 0 Å². The molecule has 15 heavy (non-hydrogen) atoms. The molecule has 0 amide bonds. The van der Waals surface area contributed by atoms with E-state index < -0.39 is 0 Å². The Kier molecular flexibility index (Phi) is 6.93. The molecule has 2 aliphatic rings. The van der Waals surface area contributed by atoms with Crippen LogP contribution in [-0.2, 0) is 23.2 Å². The molecule has 0 spiro atoms. The fourth-order valence-electron chi connectivity index (χ4n) is 1.29. The van der Waals surface area contributed by atoms with Gasteiger partial charge in [0, 0.05) is 0 Å². The van der Waals surface area contributed by atoms with Crippen molar-refractivity contribution < 1.29 is 23.2 Å². The average molecular weight is 280 g/mol. The van der Waals surface area contributed by atoms with Gasteiger partial charge in [-0.1, -0.05) is 26.7 Å². The fourth-order valence-corrected chi connectivity index (χ4v) is 4.26. The Morgan fingerprint density at radius 3 is 1.67 bits per heavy atom. The molecule has 80 valence electrons. The van der Waals surface area contributed by atoms with Crippen LogP contribution >= 0.6 is 0 Å². The third-order valence-electron chi connectivity index (χ3n) is 2.36. The van der Waals surface area contributed by atoms with Crippen LogP contribution < -0.4 is 0 Å². The van der Waals surface area contributed by atoms with Crippen LogP contribution in [0.2, 0.25) is 0 Å². The predicted octanol–water partition coefficient (Wildman–Crippen LogP) is 4.56. The zero-order chi connectivity index (χ0) is 10.9. The van der Waals surface area contributed by atoms with Crippen LogP contribution in [0.4, 0.5) is 0 Å². The molecule has 0 radical (unpaired) electrons. The quantitative estimate of drug-likeness (QED) is 0.710. The van der Waals surface area contributed by atoms with Crippen LogP contribution in [0, 0.1) is 0 Å². The number of rotatable bonds is 3. The van der Waals surface area contributed by atoms with Gasteiger partial charge in [-0.05, 0) is 0 Å². The van der Waals surface area contributed by atoms with Gasteiger partial charge in [-0.2, -0.15) is 0 Å². The standard InChI is InChI=1S/2C5H5.C4H10.Zr/c2*1-2-4-5-3-1;1-3-4-2;/h2*1-3H,4H2;3-4H2,1-2H3;. The van der Waals surface area contributed by atoms with Gasteiger partial charge in [-0.15, -0.1) is 0 Å². The Bertz CT molecular complexity index is 262. The Balaban J connectivity index is 0.000000245. The van der Waals surface area contributed by atoms with E-state index in [0.717, 1.165) is 0 Å². The predicted molar refractivity (Wildman–Crippen MR) is 64.3 cm³/mol. The van der Waals surface area contributed by atoms with E-state index in [1.165, 1.54) is 25.7 Å². The molecule has 0 aromatic rings. The van der Waals surface area contributed by atoms with Crippen LogP contribution in [-0.4, -0.2) is 0 Å². The minimum atomic E-state index is -0.312. The molecule has 0 saturated carbocycles. The number of hydrogen-bond acceptors (Lipinski definition) is 0. The maximum Gasteiger partial charge on any atom is -0.0564 e. The van der Waals surface area contributed by atoms with Gasteiger partial charge in [0.1, 0.15) is 0 Å². The van der Waals surface area contributed by atoms with Gasteiger partial charge in [0.15, 0.2) is 0 Å². The first-order chi connectivity index (χ1) is 7.36. The van der Waals surface area contributed by atoms with Crippen LogP contribution in [0.15, 0.2) is 43.0 Å². The molecule has 0 N–H and O–H groups in total. The Labute approximate surface area is 105 Å². The van der Waals surface area contributed by atoms with Crippen LogP contribution in [0.5, 0.6) is 0 Å². The van der Waals surface area contributed by atoms with Crippen molar-refractivity contribution >= 4 is 0 Å². The van der Waals surface area contributed by atoms with Crippen molar-refractivity contribution in [3.05, 3.63) is 43.0 Å². The van der Waals surface area contributed by atoms with Crippen molar-refractivity contribution in [2.75, 3.05) is 0 Å². The van der Waals surface area contributed by atoms with E-state index in [4.69, 9.17) is 0 Å². The molecule has 0 aliphatic heterocycles. The molecule has 0 aromatic heterocycles. The summed E-state index contributed by atoms with van der Waals surface area (Å²) in [5.41, 5.74) is 0. The van der Waals surface area contributed by atoms with Crippen molar-refractivity contribution in [2.24, 2.45) is 0 Å². The van der Waals surface area contributed by atoms with Gasteiger partial charge in [0.25, 0.3) is 0 Å². The van der Waals surface area contributed by atoms with Gasteiger partial charge >= 0.3 is 79.1 Å². The third-order valence-corrected chi connectivity index (χ3v) is 5.77. The molecule has 0 nitrogen and oxygen atoms in total. The van der Waals surface area contributed by atoms with Crippen LogP contribution in [0.3, 0.4) is 0 Å². The van der Waals surface area contributed by atoms with E-state index in [1.54, 1.807) is 6.56 Å². The number of hydrogen-bond donors (Lipinski definition) is 0. The molecule has 2 aliphatic carbocycles. The van der Waals surface area contributed by atoms with Gasteiger partial charge in [-0.25, -0.2) is 0 Å². The van der Waals surface area contributed by atoms with Crippen molar-refractivity contribution in [2.45, 2.75) is 39.5 Å². The second-order valence-electron chi connectivity index (χ2n) is 3.77. The second-order valence-corrected chi connectivity index (χ2v) is 7.55. The first-order valence-electron chi connectivity index (χ1n) is 5.85. The monoisotopic (exact) mass is 278 g/mol. The van der Waals surface area contributed by atoms with E-state index in [-0.39, 0.29) is 23.2 Å². The molecule has 0 saturated heterocycles.